The zero-order valence-electron chi connectivity index (χ0n) is 31.7. The summed E-state index contributed by atoms with van der Waals surface area (Å²) in [5.41, 5.74) is 1.52. The molecule has 0 radical (unpaired) electrons. The predicted octanol–water partition coefficient (Wildman–Crippen LogP) is 5.84. The minimum atomic E-state index is -1.54. The van der Waals surface area contributed by atoms with Crippen LogP contribution in [-0.2, 0) is 25.5 Å². The van der Waals surface area contributed by atoms with Crippen molar-refractivity contribution in [1.29, 1.82) is 0 Å². The zero-order chi connectivity index (χ0) is 39.5. The summed E-state index contributed by atoms with van der Waals surface area (Å²) in [6.07, 6.45) is 6.24. The molecule has 3 heterocycles. The van der Waals surface area contributed by atoms with Gasteiger partial charge in [-0.15, -0.1) is 0 Å². The van der Waals surface area contributed by atoms with Gasteiger partial charge < -0.3 is 39.6 Å². The third-order valence-corrected chi connectivity index (χ3v) is 11.4. The van der Waals surface area contributed by atoms with Gasteiger partial charge in [0, 0.05) is 35.4 Å². The Balaban J connectivity index is 1.14. The number of hydrogen-bond acceptors (Lipinski definition) is 9. The van der Waals surface area contributed by atoms with Crippen molar-refractivity contribution in [1.82, 2.24) is 20.5 Å². The Morgan fingerprint density at radius 2 is 1.81 bits per heavy atom. The number of rotatable bonds is 7. The van der Waals surface area contributed by atoms with Crippen LogP contribution in [0.2, 0.25) is 0 Å². The summed E-state index contributed by atoms with van der Waals surface area (Å²) in [4.78, 5) is 61.5. The van der Waals surface area contributed by atoms with Crippen LogP contribution in [0.25, 0.3) is 22.2 Å². The standard InChI is InChI=1S/C44H46N4O9/c1-54-31-17-18-34-37(22-31)45-36(28-10-3-2-4-11-28)24-39(34)56-33-23-38-40(49)47-44(42(51)52)25-29(44)12-8-20-55-32-15-7-9-27(21-32)16-19-35(41(50)48(38)26-33)46-43(53)57-30-13-5-6-14-30/h2-4,7-12,15,17-18,21-22,24,29-30,33,35,38H,5-6,13-14,16,19-20,23,25-26H2,1H3,(H,46,53)(H,47,49)(H,51,52)/b12-8-/t29?,33-,35-,38+,44+/m1/s1. The van der Waals surface area contributed by atoms with Crippen LogP contribution in [-0.4, -0.2) is 89.0 Å². The largest absolute Gasteiger partial charge is 0.497 e. The topological polar surface area (TPSA) is 166 Å². The molecule has 3 fully saturated rings. The Labute approximate surface area is 330 Å². The number of nitrogens with zero attached hydrogens (tertiary/aromatic N) is 2. The van der Waals surface area contributed by atoms with Crippen LogP contribution in [0.1, 0.15) is 50.5 Å². The second-order valence-electron chi connectivity index (χ2n) is 15.2. The molecule has 3 N–H and O–H groups in total. The van der Waals surface area contributed by atoms with E-state index in [2.05, 4.69) is 10.6 Å². The van der Waals surface area contributed by atoms with Crippen LogP contribution in [0.15, 0.2) is 91.0 Å². The van der Waals surface area contributed by atoms with Gasteiger partial charge in [-0.2, -0.15) is 0 Å². The number of methoxy groups -OCH3 is 1. The third-order valence-electron chi connectivity index (χ3n) is 11.4. The maximum atomic E-state index is 14.8. The maximum Gasteiger partial charge on any atom is 0.408 e. The van der Waals surface area contributed by atoms with E-state index in [1.165, 1.54) is 4.90 Å². The molecule has 3 amide bonds. The molecule has 2 aliphatic heterocycles. The number of carbonyl (C=O) groups is 4. The van der Waals surface area contributed by atoms with Crippen molar-refractivity contribution >= 4 is 34.8 Å². The maximum absolute atomic E-state index is 14.8. The fourth-order valence-corrected chi connectivity index (χ4v) is 8.24. The molecule has 2 aliphatic carbocycles. The van der Waals surface area contributed by atoms with E-state index in [0.717, 1.165) is 36.8 Å². The molecule has 2 saturated carbocycles. The van der Waals surface area contributed by atoms with Crippen molar-refractivity contribution in [3.8, 4) is 28.5 Å². The number of pyridine rings is 1. The van der Waals surface area contributed by atoms with Gasteiger partial charge in [-0.1, -0.05) is 54.6 Å². The molecule has 13 heteroatoms. The smallest absolute Gasteiger partial charge is 0.408 e. The first-order valence-electron chi connectivity index (χ1n) is 19.6. The molecule has 0 spiro atoms. The number of benzene rings is 3. The van der Waals surface area contributed by atoms with Crippen molar-refractivity contribution in [2.24, 2.45) is 5.92 Å². The van der Waals surface area contributed by atoms with E-state index in [1.807, 2.05) is 78.9 Å². The van der Waals surface area contributed by atoms with Crippen LogP contribution in [0.5, 0.6) is 17.2 Å². The fraction of sp³-hybridized carbons (Fsp3) is 0.386. The first-order valence-corrected chi connectivity index (χ1v) is 19.6. The summed E-state index contributed by atoms with van der Waals surface area (Å²) in [6, 6.07) is 22.3. The first kappa shape index (κ1) is 37.8. The highest BCUT2D eigenvalue weighted by Gasteiger charge is 2.61. The highest BCUT2D eigenvalue weighted by Crippen LogP contribution is 2.45. The Bertz CT molecular complexity index is 2190. The Kier molecular flexibility index (Phi) is 10.7. The van der Waals surface area contributed by atoms with Crippen LogP contribution < -0.4 is 24.8 Å². The van der Waals surface area contributed by atoms with Crippen molar-refractivity contribution in [3.63, 3.8) is 0 Å². The summed E-state index contributed by atoms with van der Waals surface area (Å²) in [5.74, 6) is -1.00. The van der Waals surface area contributed by atoms with Crippen LogP contribution in [0, 0.1) is 5.92 Å². The highest BCUT2D eigenvalue weighted by molar-refractivity contribution is 5.96. The van der Waals surface area contributed by atoms with E-state index in [9.17, 15) is 24.3 Å². The number of aliphatic carboxylic acids is 1. The number of alkyl carbamates (subject to hydrolysis) is 1. The lowest BCUT2D eigenvalue weighted by Crippen LogP contribution is -2.56. The van der Waals surface area contributed by atoms with Crippen molar-refractivity contribution in [2.75, 3.05) is 20.3 Å². The molecule has 1 aromatic heterocycles. The normalized spacial score (nSPS) is 25.6. The zero-order valence-corrected chi connectivity index (χ0v) is 31.7. The van der Waals surface area contributed by atoms with E-state index in [0.29, 0.717) is 40.3 Å². The molecule has 57 heavy (non-hydrogen) atoms. The van der Waals surface area contributed by atoms with Gasteiger partial charge >= 0.3 is 12.1 Å². The van der Waals surface area contributed by atoms with Crippen LogP contribution in [0.3, 0.4) is 0 Å². The van der Waals surface area contributed by atoms with Crippen molar-refractivity contribution in [3.05, 3.63) is 96.6 Å². The second-order valence-corrected chi connectivity index (χ2v) is 15.2. The Morgan fingerprint density at radius 3 is 2.60 bits per heavy atom. The minimum absolute atomic E-state index is 0.000141. The molecule has 5 atom stereocenters. The monoisotopic (exact) mass is 774 g/mol. The van der Waals surface area contributed by atoms with Gasteiger partial charge in [0.15, 0.2) is 0 Å². The number of fused-ring (bicyclic) bond motifs is 5. The van der Waals surface area contributed by atoms with E-state index in [4.69, 9.17) is 23.9 Å². The molecule has 4 aromatic rings. The number of nitrogens with one attached hydrogen (secondary N) is 2. The average Bonchev–Trinajstić information content (AvgIpc) is 3.48. The number of carboxylic acids is 1. The van der Waals surface area contributed by atoms with Gasteiger partial charge in [0.2, 0.25) is 11.8 Å². The summed E-state index contributed by atoms with van der Waals surface area (Å²) >= 11 is 0. The summed E-state index contributed by atoms with van der Waals surface area (Å²) in [7, 11) is 1.58. The lowest BCUT2D eigenvalue weighted by Gasteiger charge is -2.29. The van der Waals surface area contributed by atoms with Crippen LogP contribution in [0.4, 0.5) is 4.79 Å². The lowest BCUT2D eigenvalue weighted by atomic mass is 10.0. The molecule has 3 aromatic carbocycles. The first-order chi connectivity index (χ1) is 27.7. The SMILES string of the molecule is COc1ccc2c(O[C@@H]3C[C@H]4C(=O)N[C@@]5(C(=O)O)CC5/C=C\COc5cccc(c5)CC[C@@H](NC(=O)OC5CCCC5)C(=O)N4C3)cc(-c3ccccc3)nc2c1. The Morgan fingerprint density at radius 1 is 0.982 bits per heavy atom. The van der Waals surface area contributed by atoms with E-state index >= 15 is 0 Å². The lowest BCUT2D eigenvalue weighted by molar-refractivity contribution is -0.145. The van der Waals surface area contributed by atoms with Crippen molar-refractivity contribution < 1.29 is 43.2 Å². The minimum Gasteiger partial charge on any atom is -0.497 e. The van der Waals surface area contributed by atoms with Gasteiger partial charge in [0.05, 0.1) is 24.9 Å². The molecular formula is C44H46N4O9. The number of aryl methyl sites for hydroxylation is 1. The number of ether oxygens (including phenoxy) is 4. The second kappa shape index (κ2) is 16.2. The fourth-order valence-electron chi connectivity index (χ4n) is 8.24. The molecule has 2 bridgehead atoms. The van der Waals surface area contributed by atoms with Gasteiger partial charge in [-0.25, -0.2) is 14.6 Å². The molecule has 13 nitrogen and oxygen atoms in total. The molecule has 4 aliphatic rings. The van der Waals surface area contributed by atoms with E-state index in [-0.39, 0.29) is 38.5 Å². The number of carbonyl (C=O) groups excluding carboxylic acids is 3. The number of carboxylic acid groups (broad SMARTS) is 1. The van der Waals surface area contributed by atoms with Crippen LogP contribution >= 0.6 is 0 Å². The Hall–Kier alpha value is -6.11. The summed E-state index contributed by atoms with van der Waals surface area (Å²) in [6.45, 7) is 0.206. The molecule has 296 valence electrons. The van der Waals surface area contributed by atoms with E-state index < -0.39 is 53.5 Å². The third kappa shape index (κ3) is 8.23. The molecule has 1 saturated heterocycles. The summed E-state index contributed by atoms with van der Waals surface area (Å²) < 4.78 is 23.9. The van der Waals surface area contributed by atoms with Gasteiger partial charge in [-0.05, 0) is 74.8 Å². The van der Waals surface area contributed by atoms with E-state index in [1.54, 1.807) is 19.3 Å². The number of hydrogen-bond donors (Lipinski definition) is 3. The molecule has 1 unspecified atom stereocenters. The highest BCUT2D eigenvalue weighted by atomic mass is 16.6. The molecular weight excluding hydrogens is 729 g/mol. The summed E-state index contributed by atoms with van der Waals surface area (Å²) in [5, 5.41) is 16.7. The molecule has 8 rings (SSSR count). The van der Waals surface area contributed by atoms with Crippen molar-refractivity contribution in [2.45, 2.75) is 81.2 Å². The number of aromatic nitrogens is 1. The number of amides is 3. The average molecular weight is 775 g/mol. The quantitative estimate of drug-likeness (QED) is 0.195. The van der Waals surface area contributed by atoms with Gasteiger partial charge in [-0.3, -0.25) is 9.59 Å². The van der Waals surface area contributed by atoms with Gasteiger partial charge in [0.25, 0.3) is 0 Å². The van der Waals surface area contributed by atoms with Gasteiger partial charge in [0.1, 0.15) is 53.7 Å². The predicted molar refractivity (Wildman–Crippen MR) is 210 cm³/mol.